The lowest BCUT2D eigenvalue weighted by Gasteiger charge is -2.06. The summed E-state index contributed by atoms with van der Waals surface area (Å²) >= 11 is 0. The molecule has 1 amide bonds. The smallest absolute Gasteiger partial charge is 0.407 e. The third-order valence-electron chi connectivity index (χ3n) is 2.22. The molecule has 17 heavy (non-hydrogen) atoms. The van der Waals surface area contributed by atoms with Gasteiger partial charge in [-0.05, 0) is 17.7 Å². The van der Waals surface area contributed by atoms with Crippen LogP contribution in [0, 0.1) is 0 Å². The highest BCUT2D eigenvalue weighted by atomic mass is 16.7. The fraction of sp³-hybridized carbons (Fsp3) is 0.364. The lowest BCUT2D eigenvalue weighted by molar-refractivity contribution is 0.139. The molecule has 0 atom stereocenters. The summed E-state index contributed by atoms with van der Waals surface area (Å²) in [5.74, 6) is 1.38. The zero-order valence-electron chi connectivity index (χ0n) is 9.27. The maximum Gasteiger partial charge on any atom is 0.407 e. The Morgan fingerprint density at radius 1 is 1.41 bits per heavy atom. The van der Waals surface area contributed by atoms with Crippen molar-refractivity contribution in [1.29, 1.82) is 0 Å². The van der Waals surface area contributed by atoms with Crippen LogP contribution >= 0.6 is 0 Å². The van der Waals surface area contributed by atoms with E-state index in [-0.39, 0.29) is 13.4 Å². The second kappa shape index (κ2) is 5.40. The van der Waals surface area contributed by atoms with E-state index in [1.54, 1.807) is 12.1 Å². The minimum Gasteiger partial charge on any atom is -0.454 e. The van der Waals surface area contributed by atoms with E-state index in [1.807, 2.05) is 6.07 Å². The first-order chi connectivity index (χ1) is 8.29. The average Bonchev–Trinajstić information content (AvgIpc) is 2.81. The number of hydrogen-bond donors (Lipinski definition) is 2. The van der Waals surface area contributed by atoms with E-state index in [4.69, 9.17) is 19.9 Å². The molecule has 92 valence electrons. The van der Waals surface area contributed by atoms with Gasteiger partial charge in [0, 0.05) is 13.1 Å². The highest BCUT2D eigenvalue weighted by Gasteiger charge is 2.13. The molecule has 1 aromatic rings. The molecule has 1 aliphatic rings. The monoisotopic (exact) mass is 238 g/mol. The van der Waals surface area contributed by atoms with Crippen molar-refractivity contribution in [2.45, 2.75) is 6.61 Å². The molecule has 1 aliphatic heterocycles. The van der Waals surface area contributed by atoms with Crippen LogP contribution in [0.3, 0.4) is 0 Å². The molecule has 0 radical (unpaired) electrons. The lowest BCUT2D eigenvalue weighted by atomic mass is 10.2. The SMILES string of the molecule is NCCNC(=O)OCc1ccc2c(c1)OCO2. The molecule has 0 saturated carbocycles. The third-order valence-corrected chi connectivity index (χ3v) is 2.22. The van der Waals surface area contributed by atoms with E-state index in [9.17, 15) is 4.79 Å². The first-order valence-corrected chi connectivity index (χ1v) is 5.29. The highest BCUT2D eigenvalue weighted by molar-refractivity contribution is 5.67. The molecule has 0 fully saturated rings. The van der Waals surface area contributed by atoms with Gasteiger partial charge < -0.3 is 25.3 Å². The van der Waals surface area contributed by atoms with E-state index in [1.165, 1.54) is 0 Å². The number of rotatable bonds is 4. The quantitative estimate of drug-likeness (QED) is 0.802. The predicted molar refractivity (Wildman–Crippen MR) is 59.8 cm³/mol. The number of carbonyl (C=O) groups is 1. The van der Waals surface area contributed by atoms with E-state index < -0.39 is 6.09 Å². The van der Waals surface area contributed by atoms with Gasteiger partial charge in [-0.1, -0.05) is 6.07 Å². The summed E-state index contributed by atoms with van der Waals surface area (Å²) < 4.78 is 15.4. The van der Waals surface area contributed by atoms with Gasteiger partial charge in [-0.15, -0.1) is 0 Å². The van der Waals surface area contributed by atoms with Gasteiger partial charge in [-0.3, -0.25) is 0 Å². The molecule has 0 bridgehead atoms. The Kier molecular flexibility index (Phi) is 3.66. The van der Waals surface area contributed by atoms with Crippen LogP contribution in [0.5, 0.6) is 11.5 Å². The highest BCUT2D eigenvalue weighted by Crippen LogP contribution is 2.32. The minimum absolute atomic E-state index is 0.188. The summed E-state index contributed by atoms with van der Waals surface area (Å²) in [4.78, 5) is 11.2. The molecule has 0 unspecified atom stereocenters. The molecule has 6 nitrogen and oxygen atoms in total. The number of nitrogens with two attached hydrogens (primary N) is 1. The van der Waals surface area contributed by atoms with E-state index in [2.05, 4.69) is 5.32 Å². The van der Waals surface area contributed by atoms with Crippen LogP contribution in [0.2, 0.25) is 0 Å². The first-order valence-electron chi connectivity index (χ1n) is 5.29. The van der Waals surface area contributed by atoms with Gasteiger partial charge in [0.2, 0.25) is 6.79 Å². The maximum atomic E-state index is 11.2. The van der Waals surface area contributed by atoms with Gasteiger partial charge in [0.15, 0.2) is 11.5 Å². The van der Waals surface area contributed by atoms with Crippen LogP contribution in [-0.2, 0) is 11.3 Å². The zero-order valence-corrected chi connectivity index (χ0v) is 9.27. The summed E-state index contributed by atoms with van der Waals surface area (Å²) in [6.07, 6.45) is -0.479. The van der Waals surface area contributed by atoms with Gasteiger partial charge in [-0.25, -0.2) is 4.79 Å². The lowest BCUT2D eigenvalue weighted by Crippen LogP contribution is -2.29. The molecule has 0 saturated heterocycles. The van der Waals surface area contributed by atoms with Crippen molar-refractivity contribution in [3.8, 4) is 11.5 Å². The van der Waals surface area contributed by atoms with Crippen molar-refractivity contribution in [3.05, 3.63) is 23.8 Å². The first kappa shape index (κ1) is 11.5. The number of nitrogens with one attached hydrogen (secondary N) is 1. The molecule has 0 spiro atoms. The summed E-state index contributed by atoms with van der Waals surface area (Å²) in [7, 11) is 0. The molecular formula is C11H14N2O4. The second-order valence-corrected chi connectivity index (χ2v) is 3.48. The molecule has 1 heterocycles. The molecule has 1 aromatic carbocycles. The van der Waals surface area contributed by atoms with Crippen molar-refractivity contribution >= 4 is 6.09 Å². The fourth-order valence-electron chi connectivity index (χ4n) is 1.40. The second-order valence-electron chi connectivity index (χ2n) is 3.48. The van der Waals surface area contributed by atoms with Crippen LogP contribution in [0.4, 0.5) is 4.79 Å². The Morgan fingerprint density at radius 2 is 2.24 bits per heavy atom. The van der Waals surface area contributed by atoms with Gasteiger partial charge in [-0.2, -0.15) is 0 Å². The van der Waals surface area contributed by atoms with Gasteiger partial charge in [0.1, 0.15) is 6.61 Å². The van der Waals surface area contributed by atoms with Crippen LogP contribution < -0.4 is 20.5 Å². The Morgan fingerprint density at radius 3 is 3.06 bits per heavy atom. The van der Waals surface area contributed by atoms with Crippen LogP contribution in [0.1, 0.15) is 5.56 Å². The molecule has 0 aromatic heterocycles. The average molecular weight is 238 g/mol. The summed E-state index contributed by atoms with van der Waals surface area (Å²) in [6, 6.07) is 5.40. The molecule has 2 rings (SSSR count). The number of ether oxygens (including phenoxy) is 3. The maximum absolute atomic E-state index is 11.2. The molecule has 3 N–H and O–H groups in total. The fourth-order valence-corrected chi connectivity index (χ4v) is 1.40. The van der Waals surface area contributed by atoms with Crippen molar-refractivity contribution in [2.24, 2.45) is 5.73 Å². The van der Waals surface area contributed by atoms with E-state index >= 15 is 0 Å². The number of amides is 1. The Bertz CT molecular complexity index is 408. The number of carbonyl (C=O) groups excluding carboxylic acids is 1. The Hall–Kier alpha value is -1.95. The molecule has 0 aliphatic carbocycles. The molecule has 6 heteroatoms. The Balaban J connectivity index is 1.85. The van der Waals surface area contributed by atoms with E-state index in [0.717, 1.165) is 5.56 Å². The summed E-state index contributed by atoms with van der Waals surface area (Å²) in [5, 5.41) is 2.51. The van der Waals surface area contributed by atoms with Gasteiger partial charge in [0.05, 0.1) is 0 Å². The largest absolute Gasteiger partial charge is 0.454 e. The number of benzene rings is 1. The van der Waals surface area contributed by atoms with Crippen molar-refractivity contribution in [1.82, 2.24) is 5.32 Å². The molecular weight excluding hydrogens is 224 g/mol. The van der Waals surface area contributed by atoms with Crippen LogP contribution in [0.25, 0.3) is 0 Å². The van der Waals surface area contributed by atoms with Crippen molar-refractivity contribution < 1.29 is 19.0 Å². The number of hydrogen-bond acceptors (Lipinski definition) is 5. The van der Waals surface area contributed by atoms with Crippen LogP contribution in [-0.4, -0.2) is 26.0 Å². The van der Waals surface area contributed by atoms with E-state index in [0.29, 0.717) is 24.6 Å². The predicted octanol–water partition coefficient (Wildman–Crippen LogP) is 0.600. The van der Waals surface area contributed by atoms with Gasteiger partial charge >= 0.3 is 6.09 Å². The Labute approximate surface area is 98.6 Å². The van der Waals surface area contributed by atoms with Crippen molar-refractivity contribution in [3.63, 3.8) is 0 Å². The topological polar surface area (TPSA) is 82.8 Å². The normalized spacial score (nSPS) is 12.3. The van der Waals surface area contributed by atoms with Gasteiger partial charge in [0.25, 0.3) is 0 Å². The zero-order chi connectivity index (χ0) is 12.1. The third kappa shape index (κ3) is 3.01. The standard InChI is InChI=1S/C11H14N2O4/c12-3-4-13-11(14)15-6-8-1-2-9-10(5-8)17-7-16-9/h1-2,5H,3-4,6-7,12H2,(H,13,14). The van der Waals surface area contributed by atoms with Crippen LogP contribution in [0.15, 0.2) is 18.2 Å². The number of alkyl carbamates (subject to hydrolysis) is 1. The number of fused-ring (bicyclic) bond motifs is 1. The summed E-state index contributed by atoms with van der Waals surface area (Å²) in [5.41, 5.74) is 6.09. The van der Waals surface area contributed by atoms with Crippen molar-refractivity contribution in [2.75, 3.05) is 19.9 Å². The minimum atomic E-state index is -0.479. The summed E-state index contributed by atoms with van der Waals surface area (Å²) in [6.45, 7) is 1.21.